The molecule has 0 bridgehead atoms. The van der Waals surface area contributed by atoms with Crippen LogP contribution >= 0.6 is 46.9 Å². The Hall–Kier alpha value is 1.65. The maximum atomic E-state index is 8.66. The summed E-state index contributed by atoms with van der Waals surface area (Å²) in [6, 6.07) is 0. The second-order valence-corrected chi connectivity index (χ2v) is 8.43. The first-order chi connectivity index (χ1) is 12.0. The fourth-order valence-corrected chi connectivity index (χ4v) is 0. The molecule has 0 rings (SSSR count). The van der Waals surface area contributed by atoms with E-state index in [1.54, 1.807) is 0 Å². The number of phosphoric acid groups is 6. The molecule has 25 nitrogen and oxygen atoms in total. The first-order valence-corrected chi connectivity index (χ1v) is 13.5. The van der Waals surface area contributed by atoms with Crippen LogP contribution in [0.4, 0.5) is 0 Å². The molecule has 0 aromatic carbocycles. The van der Waals surface area contributed by atoms with Crippen molar-refractivity contribution in [3.05, 3.63) is 0 Å². The molecule has 0 aliphatic heterocycles. The molecular formula is H8CrNiO25P6-6. The molecule has 8 N–H and O–H groups in total. The van der Waals surface area contributed by atoms with Crippen LogP contribution in [-0.2, 0) is 61.2 Å². The molecule has 2 radical (unpaired) electrons. The van der Waals surface area contributed by atoms with E-state index in [4.69, 9.17) is 115 Å². The van der Waals surface area contributed by atoms with E-state index in [0.717, 1.165) is 0 Å². The van der Waals surface area contributed by atoms with Gasteiger partial charge in [-0.3, -0.25) is 0 Å². The van der Waals surface area contributed by atoms with Crippen molar-refractivity contribution in [3.63, 3.8) is 0 Å². The Bertz CT molecular complexity index is 467. The molecule has 0 atom stereocenters. The average molecular weight is 705 g/mol. The summed E-state index contributed by atoms with van der Waals surface area (Å²) in [4.78, 5) is 146. The number of rotatable bonds is 0. The minimum Gasteiger partial charge on any atom is -0.790 e. The van der Waals surface area contributed by atoms with Crippen LogP contribution in [0.5, 0.6) is 0 Å². The summed E-state index contributed by atoms with van der Waals surface area (Å²) in [7, 11) is -30.8. The van der Waals surface area contributed by atoms with Crippen molar-refractivity contribution in [2.45, 2.75) is 0 Å². The van der Waals surface area contributed by atoms with Crippen LogP contribution < -0.4 is 58.7 Å². The molecule has 0 saturated heterocycles. The van der Waals surface area contributed by atoms with Crippen molar-refractivity contribution in [1.29, 1.82) is 0 Å². The summed E-state index contributed by atoms with van der Waals surface area (Å²) < 4.78 is 52.0. The van der Waals surface area contributed by atoms with Crippen LogP contribution in [0.3, 0.4) is 0 Å². The van der Waals surface area contributed by atoms with Crippen molar-refractivity contribution in [2.24, 2.45) is 0 Å². The van der Waals surface area contributed by atoms with Gasteiger partial charge in [-0.1, -0.05) is 0 Å². The molecule has 33 heavy (non-hydrogen) atoms. The normalized spacial score (nSPS) is 10.7. The third kappa shape index (κ3) is 12400. The molecule has 0 fully saturated rings. The van der Waals surface area contributed by atoms with Crippen LogP contribution in [0.1, 0.15) is 0 Å². The molecule has 33 heteroatoms. The van der Waals surface area contributed by atoms with Crippen LogP contribution in [-0.4, -0.2) is 34.8 Å². The minimum atomic E-state index is -5.14. The number of hydrogen-bond acceptors (Lipinski definition) is 18. The summed E-state index contributed by atoms with van der Waals surface area (Å²) in [5.41, 5.74) is 0. The summed E-state index contributed by atoms with van der Waals surface area (Å²) in [5, 5.41) is 0. The minimum absolute atomic E-state index is 0. The van der Waals surface area contributed by atoms with Crippen LogP contribution in [0.15, 0.2) is 0 Å². The van der Waals surface area contributed by atoms with Crippen molar-refractivity contribution < 1.29 is 155 Å². The predicted molar refractivity (Wildman–Crippen MR) is 62.6 cm³/mol. The maximum Gasteiger partial charge on any atom is 3.00 e. The van der Waals surface area contributed by atoms with E-state index in [9.17, 15) is 0 Å². The standard InChI is InChI=1S/Cr.Ni.6H3O4P.H2O/c;;6*1-5(2,3)4;/h;;6*(H3,1,2,3,4);1H2/q2*+3;;;;;;;/p-12. The van der Waals surface area contributed by atoms with Crippen molar-refractivity contribution in [3.8, 4) is 0 Å². The summed E-state index contributed by atoms with van der Waals surface area (Å²) in [5.74, 6) is 0. The molecule has 0 amide bonds. The van der Waals surface area contributed by atoms with Gasteiger partial charge in [0.05, 0.1) is 46.9 Å². The molecule has 0 aliphatic rings. The van der Waals surface area contributed by atoms with Gasteiger partial charge in [0.1, 0.15) is 0 Å². The maximum absolute atomic E-state index is 8.66. The summed E-state index contributed by atoms with van der Waals surface area (Å²) in [6.07, 6.45) is 0. The van der Waals surface area contributed by atoms with Gasteiger partial charge in [0, 0.05) is 0 Å². The first kappa shape index (κ1) is 59.6. The third-order valence-electron chi connectivity index (χ3n) is 0. The molecule has 0 aromatic heterocycles. The first-order valence-electron chi connectivity index (χ1n) is 4.49. The summed E-state index contributed by atoms with van der Waals surface area (Å²) >= 11 is 0. The Morgan fingerprint density at radius 3 is 0.333 bits per heavy atom. The molecule has 0 saturated carbocycles. The fourth-order valence-electron chi connectivity index (χ4n) is 0. The molecule has 0 aromatic rings. The number of hydrogen-bond donors (Lipinski definition) is 6. The van der Waals surface area contributed by atoms with Crippen molar-refractivity contribution in [1.82, 2.24) is 0 Å². The van der Waals surface area contributed by atoms with Crippen LogP contribution in [0.2, 0.25) is 0 Å². The molecule has 0 spiro atoms. The molecule has 0 heterocycles. The fraction of sp³-hybridized carbons (Fsp3) is 0. The van der Waals surface area contributed by atoms with Crippen LogP contribution in [0, 0.1) is 0 Å². The Balaban J connectivity index is -0.0000000294. The Labute approximate surface area is 201 Å². The third-order valence-corrected chi connectivity index (χ3v) is 0. The van der Waals surface area contributed by atoms with Gasteiger partial charge in [0.2, 0.25) is 0 Å². The van der Waals surface area contributed by atoms with Crippen LogP contribution in [0.25, 0.3) is 0 Å². The van der Waals surface area contributed by atoms with Gasteiger partial charge in [-0.2, -0.15) is 0 Å². The van der Waals surface area contributed by atoms with E-state index in [2.05, 4.69) is 0 Å². The van der Waals surface area contributed by atoms with E-state index in [-0.39, 0.29) is 39.3 Å². The SMILES string of the molecule is O.O=P([O-])([O-])O.O=P([O-])([O-])O.O=P([O-])([O-])O.O=P([O-])([O-])O.O=P([O-])([O-])O.O=P([O-])([O-])O.[Cr+3].[Ni+3]. The van der Waals surface area contributed by atoms with Gasteiger partial charge in [0.25, 0.3) is 0 Å². The van der Waals surface area contributed by atoms with Crippen molar-refractivity contribution >= 4 is 46.9 Å². The van der Waals surface area contributed by atoms with E-state index in [1.807, 2.05) is 0 Å². The van der Waals surface area contributed by atoms with Gasteiger partial charge in [-0.15, -0.1) is 0 Å². The van der Waals surface area contributed by atoms with Gasteiger partial charge in [0.15, 0.2) is 0 Å². The summed E-state index contributed by atoms with van der Waals surface area (Å²) in [6.45, 7) is 0. The zero-order valence-corrected chi connectivity index (χ0v) is 21.6. The van der Waals surface area contributed by atoms with E-state index < -0.39 is 46.9 Å². The van der Waals surface area contributed by atoms with Gasteiger partial charge in [-0.25, -0.2) is 0 Å². The van der Waals surface area contributed by atoms with E-state index >= 15 is 0 Å². The second kappa shape index (κ2) is 25.3. The van der Waals surface area contributed by atoms with E-state index in [0.29, 0.717) is 0 Å². The Morgan fingerprint density at radius 1 is 0.333 bits per heavy atom. The molecule has 210 valence electrons. The van der Waals surface area contributed by atoms with Gasteiger partial charge >= 0.3 is 33.9 Å². The largest absolute Gasteiger partial charge is 3.00 e. The Kier molecular flexibility index (Phi) is 45.7. The second-order valence-electron chi connectivity index (χ2n) is 2.81. The monoisotopic (exact) mass is 704 g/mol. The predicted octanol–water partition coefficient (Wildman–Crippen LogP) is -14.0. The topological polar surface area (TPSA) is 532 Å². The smallest absolute Gasteiger partial charge is 0.790 e. The molecule has 0 unspecified atom stereocenters. The van der Waals surface area contributed by atoms with Crippen molar-refractivity contribution in [2.75, 3.05) is 0 Å². The van der Waals surface area contributed by atoms with Gasteiger partial charge < -0.3 is 121 Å². The zero-order valence-electron chi connectivity index (χ0n) is 13.9. The molecule has 0 aliphatic carbocycles. The van der Waals surface area contributed by atoms with E-state index in [1.165, 1.54) is 0 Å². The average Bonchev–Trinajstić information content (AvgIpc) is 1.94. The zero-order chi connectivity index (χ0) is 27.0. The quantitative estimate of drug-likeness (QED) is 0.101. The molecular weight excluding hydrogens is 697 g/mol. The Morgan fingerprint density at radius 2 is 0.333 bits per heavy atom. The van der Waals surface area contributed by atoms with Gasteiger partial charge in [-0.05, 0) is 0 Å².